The Morgan fingerprint density at radius 1 is 1.27 bits per heavy atom. The van der Waals surface area contributed by atoms with Crippen molar-refractivity contribution in [1.82, 2.24) is 0 Å². The fourth-order valence-electron chi connectivity index (χ4n) is 1.78. The Bertz CT molecular complexity index is 854. The molecule has 0 heterocycles. The summed E-state index contributed by atoms with van der Waals surface area (Å²) in [6.07, 6.45) is 0. The Morgan fingerprint density at radius 2 is 1.95 bits per heavy atom. The van der Waals surface area contributed by atoms with Gasteiger partial charge in [-0.05, 0) is 31.2 Å². The predicted molar refractivity (Wildman–Crippen MR) is 77.1 cm³/mol. The quantitative estimate of drug-likeness (QED) is 0.481. The van der Waals surface area contributed by atoms with Crippen molar-refractivity contribution in [1.29, 1.82) is 0 Å². The van der Waals surface area contributed by atoms with Gasteiger partial charge in [0, 0.05) is 11.6 Å². The van der Waals surface area contributed by atoms with Gasteiger partial charge in [-0.3, -0.25) is 10.1 Å². The van der Waals surface area contributed by atoms with Gasteiger partial charge in [-0.25, -0.2) is 4.39 Å². The molecule has 0 amide bonds. The lowest BCUT2D eigenvalue weighted by Crippen LogP contribution is -2.12. The zero-order valence-electron chi connectivity index (χ0n) is 11.1. The van der Waals surface area contributed by atoms with E-state index in [1.807, 2.05) is 0 Å². The monoisotopic (exact) mass is 345 g/mol. The molecule has 0 atom stereocenters. The van der Waals surface area contributed by atoms with Gasteiger partial charge >= 0.3 is 10.1 Å². The summed E-state index contributed by atoms with van der Waals surface area (Å²) in [4.78, 5) is 9.80. The van der Waals surface area contributed by atoms with Gasteiger partial charge in [0.1, 0.15) is 10.7 Å². The first-order chi connectivity index (χ1) is 10.2. The van der Waals surface area contributed by atoms with Crippen molar-refractivity contribution < 1.29 is 21.9 Å². The minimum Gasteiger partial charge on any atom is -0.377 e. The van der Waals surface area contributed by atoms with E-state index in [-0.39, 0.29) is 26.9 Å². The number of benzene rings is 2. The molecule has 0 aliphatic rings. The van der Waals surface area contributed by atoms with Crippen LogP contribution in [0.25, 0.3) is 0 Å². The van der Waals surface area contributed by atoms with E-state index in [0.29, 0.717) is 0 Å². The molecule has 0 aliphatic heterocycles. The van der Waals surface area contributed by atoms with Crippen LogP contribution in [0.3, 0.4) is 0 Å². The van der Waals surface area contributed by atoms with E-state index < -0.39 is 20.9 Å². The number of hydrogen-bond donors (Lipinski definition) is 0. The first-order valence-electron chi connectivity index (χ1n) is 5.86. The van der Waals surface area contributed by atoms with E-state index in [1.165, 1.54) is 25.1 Å². The maximum atomic E-state index is 12.9. The van der Waals surface area contributed by atoms with E-state index in [4.69, 9.17) is 15.8 Å². The minimum atomic E-state index is -4.35. The molecule has 0 aromatic heterocycles. The van der Waals surface area contributed by atoms with Gasteiger partial charge in [0.15, 0.2) is 5.75 Å². The van der Waals surface area contributed by atoms with Gasteiger partial charge in [-0.1, -0.05) is 17.7 Å². The Hall–Kier alpha value is -2.19. The molecule has 116 valence electrons. The minimum absolute atomic E-state index is 0.0641. The Kier molecular flexibility index (Phi) is 4.34. The highest BCUT2D eigenvalue weighted by Gasteiger charge is 2.25. The molecule has 9 heteroatoms. The third kappa shape index (κ3) is 3.18. The van der Waals surface area contributed by atoms with Crippen LogP contribution in [0.4, 0.5) is 10.1 Å². The molecule has 2 aromatic carbocycles. The van der Waals surface area contributed by atoms with Crippen LogP contribution in [0.15, 0.2) is 41.3 Å². The van der Waals surface area contributed by atoms with Crippen LogP contribution in [0.2, 0.25) is 5.02 Å². The van der Waals surface area contributed by atoms with Crippen LogP contribution in [0, 0.1) is 22.9 Å². The number of nitrogens with zero attached hydrogens (tertiary/aromatic N) is 1. The lowest BCUT2D eigenvalue weighted by atomic mass is 10.2. The van der Waals surface area contributed by atoms with Gasteiger partial charge in [-0.2, -0.15) is 8.42 Å². The second-order valence-corrected chi connectivity index (χ2v) is 6.19. The summed E-state index contributed by atoms with van der Waals surface area (Å²) in [6, 6.07) is 6.52. The number of hydrogen-bond acceptors (Lipinski definition) is 5. The number of halogens is 2. The standard InChI is InChI=1S/C13H9ClFNO5S/c1-8-11(16(17)18)3-2-4-13(8)22(19,20)21-12-6-5-9(15)7-10(12)14/h2-7H,1H3. The molecule has 0 bridgehead atoms. The van der Waals surface area contributed by atoms with Gasteiger partial charge < -0.3 is 4.18 Å². The fourth-order valence-corrected chi connectivity index (χ4v) is 3.23. The second kappa shape index (κ2) is 5.90. The molecule has 6 nitrogen and oxygen atoms in total. The first-order valence-corrected chi connectivity index (χ1v) is 7.64. The lowest BCUT2D eigenvalue weighted by Gasteiger charge is -2.10. The molecule has 0 radical (unpaired) electrons. The average Bonchev–Trinajstić information content (AvgIpc) is 2.41. The topological polar surface area (TPSA) is 86.5 Å². The van der Waals surface area contributed by atoms with E-state index in [1.54, 1.807) is 0 Å². The van der Waals surface area contributed by atoms with Crippen molar-refractivity contribution in [2.75, 3.05) is 0 Å². The second-order valence-electron chi connectivity index (χ2n) is 4.27. The van der Waals surface area contributed by atoms with Crippen molar-refractivity contribution in [3.63, 3.8) is 0 Å². The van der Waals surface area contributed by atoms with Gasteiger partial charge in [-0.15, -0.1) is 0 Å². The van der Waals surface area contributed by atoms with Crippen molar-refractivity contribution in [3.8, 4) is 5.75 Å². The summed E-state index contributed by atoms with van der Waals surface area (Å²) in [5, 5.41) is 10.6. The Morgan fingerprint density at radius 3 is 2.55 bits per heavy atom. The lowest BCUT2D eigenvalue weighted by molar-refractivity contribution is -0.385. The molecule has 0 N–H and O–H groups in total. The van der Waals surface area contributed by atoms with Crippen LogP contribution in [-0.4, -0.2) is 13.3 Å². The van der Waals surface area contributed by atoms with E-state index in [2.05, 4.69) is 0 Å². The molecule has 0 spiro atoms. The maximum Gasteiger partial charge on any atom is 0.339 e. The molecular weight excluding hydrogens is 337 g/mol. The largest absolute Gasteiger partial charge is 0.377 e. The number of rotatable bonds is 4. The van der Waals surface area contributed by atoms with Crippen molar-refractivity contribution in [3.05, 3.63) is 62.9 Å². The molecular formula is C13H9ClFNO5S. The summed E-state index contributed by atoms with van der Waals surface area (Å²) in [6.45, 7) is 1.29. The molecule has 22 heavy (non-hydrogen) atoms. The van der Waals surface area contributed by atoms with Crippen LogP contribution in [0.1, 0.15) is 5.56 Å². The van der Waals surface area contributed by atoms with Crippen LogP contribution < -0.4 is 4.18 Å². The smallest absolute Gasteiger partial charge is 0.339 e. The molecule has 0 fully saturated rings. The highest BCUT2D eigenvalue weighted by molar-refractivity contribution is 7.87. The predicted octanol–water partition coefficient (Wildman–Crippen LogP) is 3.46. The highest BCUT2D eigenvalue weighted by atomic mass is 35.5. The fraction of sp³-hybridized carbons (Fsp3) is 0.0769. The van der Waals surface area contributed by atoms with Crippen molar-refractivity contribution >= 4 is 27.4 Å². The summed E-state index contributed by atoms with van der Waals surface area (Å²) in [7, 11) is -4.35. The molecule has 0 aliphatic carbocycles. The van der Waals surface area contributed by atoms with Gasteiger partial charge in [0.2, 0.25) is 0 Å². The summed E-state index contributed by atoms with van der Waals surface area (Å²) in [5.41, 5.74) is -0.416. The number of nitro groups is 1. The Labute approximate surface area is 130 Å². The summed E-state index contributed by atoms with van der Waals surface area (Å²) >= 11 is 5.71. The van der Waals surface area contributed by atoms with E-state index in [9.17, 15) is 22.9 Å². The third-order valence-electron chi connectivity index (χ3n) is 2.81. The Balaban J connectivity index is 2.47. The molecule has 2 aromatic rings. The zero-order chi connectivity index (χ0) is 16.5. The number of nitro benzene ring substituents is 1. The highest BCUT2D eigenvalue weighted by Crippen LogP contribution is 2.31. The van der Waals surface area contributed by atoms with Gasteiger partial charge in [0.25, 0.3) is 5.69 Å². The molecule has 2 rings (SSSR count). The maximum absolute atomic E-state index is 12.9. The molecule has 0 saturated carbocycles. The van der Waals surface area contributed by atoms with E-state index in [0.717, 1.165) is 18.2 Å². The van der Waals surface area contributed by atoms with E-state index >= 15 is 0 Å². The van der Waals surface area contributed by atoms with Crippen LogP contribution >= 0.6 is 11.6 Å². The SMILES string of the molecule is Cc1c([N+](=O)[O-])cccc1S(=O)(=O)Oc1ccc(F)cc1Cl. The van der Waals surface area contributed by atoms with Crippen molar-refractivity contribution in [2.24, 2.45) is 0 Å². The third-order valence-corrected chi connectivity index (χ3v) is 4.49. The summed E-state index contributed by atoms with van der Waals surface area (Å²) in [5.74, 6) is -0.921. The average molecular weight is 346 g/mol. The zero-order valence-corrected chi connectivity index (χ0v) is 12.7. The van der Waals surface area contributed by atoms with Gasteiger partial charge in [0.05, 0.1) is 9.95 Å². The molecule has 0 saturated heterocycles. The summed E-state index contributed by atoms with van der Waals surface area (Å²) < 4.78 is 42.3. The van der Waals surface area contributed by atoms with Crippen LogP contribution in [0.5, 0.6) is 5.75 Å². The molecule has 0 unspecified atom stereocenters. The normalized spacial score (nSPS) is 11.2. The van der Waals surface area contributed by atoms with Crippen molar-refractivity contribution in [2.45, 2.75) is 11.8 Å². The first kappa shape index (κ1) is 16.2. The van der Waals surface area contributed by atoms with Crippen LogP contribution in [-0.2, 0) is 10.1 Å².